The van der Waals surface area contributed by atoms with E-state index >= 15 is 0 Å². The fourth-order valence-electron chi connectivity index (χ4n) is 2.73. The number of nitrogens with one attached hydrogen (secondary N) is 1. The van der Waals surface area contributed by atoms with Gasteiger partial charge in [0.05, 0.1) is 12.7 Å². The van der Waals surface area contributed by atoms with Crippen LogP contribution in [0.5, 0.6) is 0 Å². The first-order chi connectivity index (χ1) is 14.7. The zero-order valence-corrected chi connectivity index (χ0v) is 16.6. The lowest BCUT2D eigenvalue weighted by molar-refractivity contribution is -0.148. The summed E-state index contributed by atoms with van der Waals surface area (Å²) in [7, 11) is 0. The van der Waals surface area contributed by atoms with Gasteiger partial charge in [-0.15, -0.1) is 5.10 Å². The monoisotopic (exact) mass is 449 g/mol. The van der Waals surface area contributed by atoms with Gasteiger partial charge >= 0.3 is 5.97 Å². The average molecular weight is 450 g/mol. The van der Waals surface area contributed by atoms with Crippen LogP contribution in [-0.4, -0.2) is 60.1 Å². The maximum absolute atomic E-state index is 14.1. The second-order valence-corrected chi connectivity index (χ2v) is 6.96. The molecule has 2 aromatic carbocycles. The molecule has 0 saturated carbocycles. The summed E-state index contributed by atoms with van der Waals surface area (Å²) in [6.07, 6.45) is -0.816. The molecule has 0 aliphatic heterocycles. The molecule has 31 heavy (non-hydrogen) atoms. The van der Waals surface area contributed by atoms with Crippen molar-refractivity contribution in [2.75, 3.05) is 6.54 Å². The van der Waals surface area contributed by atoms with E-state index in [-0.39, 0.29) is 12.2 Å². The van der Waals surface area contributed by atoms with Gasteiger partial charge in [0.1, 0.15) is 5.82 Å². The van der Waals surface area contributed by atoms with Crippen LogP contribution in [0.15, 0.2) is 48.7 Å². The number of amides is 1. The Labute approximate surface area is 180 Å². The van der Waals surface area contributed by atoms with Crippen LogP contribution in [0.3, 0.4) is 0 Å². The van der Waals surface area contributed by atoms with Gasteiger partial charge in [0.25, 0.3) is 5.91 Å². The van der Waals surface area contributed by atoms with E-state index in [2.05, 4.69) is 15.7 Å². The van der Waals surface area contributed by atoms with Crippen molar-refractivity contribution < 1.29 is 29.4 Å². The summed E-state index contributed by atoms with van der Waals surface area (Å²) in [6.45, 7) is -0.416. The molecule has 162 valence electrons. The molecule has 12 heteroatoms. The third-order valence-electron chi connectivity index (χ3n) is 4.22. The van der Waals surface area contributed by atoms with E-state index in [1.165, 1.54) is 23.2 Å². The summed E-state index contributed by atoms with van der Waals surface area (Å²) in [5.74, 6) is -2.67. The van der Waals surface area contributed by atoms with Gasteiger partial charge in [-0.3, -0.25) is 10.2 Å². The molecule has 1 unspecified atom stereocenters. The number of hydrazine groups is 1. The highest BCUT2D eigenvalue weighted by Gasteiger charge is 2.21. The third kappa shape index (κ3) is 5.75. The van der Waals surface area contributed by atoms with Crippen molar-refractivity contribution >= 4 is 23.5 Å². The molecule has 0 fully saturated rings. The van der Waals surface area contributed by atoms with Crippen molar-refractivity contribution in [1.82, 2.24) is 25.6 Å². The van der Waals surface area contributed by atoms with Crippen molar-refractivity contribution in [2.24, 2.45) is 0 Å². The van der Waals surface area contributed by atoms with Crippen LogP contribution in [-0.2, 0) is 11.3 Å². The number of halogens is 2. The second-order valence-electron chi connectivity index (χ2n) is 6.52. The molecular formula is C19H17ClFN5O5. The first kappa shape index (κ1) is 22.2. The maximum Gasteiger partial charge on any atom is 0.333 e. The van der Waals surface area contributed by atoms with Gasteiger partial charge in [-0.2, -0.15) is 0 Å². The number of carbonyl (C=O) groups is 2. The lowest BCUT2D eigenvalue weighted by Crippen LogP contribution is -2.47. The van der Waals surface area contributed by atoms with Gasteiger partial charge in [0, 0.05) is 17.1 Å². The quantitative estimate of drug-likeness (QED) is 0.300. The number of rotatable bonds is 8. The number of benzene rings is 2. The van der Waals surface area contributed by atoms with E-state index in [0.717, 1.165) is 6.20 Å². The highest BCUT2D eigenvalue weighted by Crippen LogP contribution is 2.26. The molecule has 0 bridgehead atoms. The molecule has 0 radical (unpaired) electrons. The summed E-state index contributed by atoms with van der Waals surface area (Å²) in [5, 5.41) is 36.0. The van der Waals surface area contributed by atoms with Crippen LogP contribution in [0.4, 0.5) is 4.39 Å². The topological polar surface area (TPSA) is 141 Å². The Morgan fingerprint density at radius 3 is 2.55 bits per heavy atom. The predicted octanol–water partition coefficient (Wildman–Crippen LogP) is 1.57. The van der Waals surface area contributed by atoms with Crippen molar-refractivity contribution in [2.45, 2.75) is 12.6 Å². The standard InChI is InChI=1S/C19H17ClFN5O5/c20-13-5-6-15(21)14(7-13)12-3-1-11(2-4-12)8-25(10-17(27)19(29)30)23-18(28)16-9-26(31)24-22-16/h1-7,9,17,27,31H,8,10H2,(H,23,28)(H,29,30). The van der Waals surface area contributed by atoms with Gasteiger partial charge in [-0.05, 0) is 34.5 Å². The number of carboxylic acid groups (broad SMARTS) is 1. The number of aliphatic carboxylic acids is 1. The minimum atomic E-state index is -1.77. The third-order valence-corrected chi connectivity index (χ3v) is 4.45. The van der Waals surface area contributed by atoms with Crippen LogP contribution in [0.2, 0.25) is 5.02 Å². The van der Waals surface area contributed by atoms with E-state index in [1.807, 2.05) is 0 Å². The van der Waals surface area contributed by atoms with Crippen LogP contribution < -0.4 is 5.43 Å². The van der Waals surface area contributed by atoms with E-state index in [1.54, 1.807) is 24.3 Å². The van der Waals surface area contributed by atoms with Gasteiger partial charge < -0.3 is 15.4 Å². The minimum Gasteiger partial charge on any atom is -0.479 e. The molecule has 1 atom stereocenters. The van der Waals surface area contributed by atoms with Crippen LogP contribution in [0, 0.1) is 5.82 Å². The van der Waals surface area contributed by atoms with Crippen molar-refractivity contribution in [1.29, 1.82) is 0 Å². The Morgan fingerprint density at radius 1 is 1.23 bits per heavy atom. The van der Waals surface area contributed by atoms with E-state index in [9.17, 15) is 19.1 Å². The number of aliphatic hydroxyl groups is 1. The van der Waals surface area contributed by atoms with Crippen LogP contribution in [0.25, 0.3) is 11.1 Å². The summed E-state index contributed by atoms with van der Waals surface area (Å²) >= 11 is 5.93. The first-order valence-corrected chi connectivity index (χ1v) is 9.23. The molecule has 1 heterocycles. The largest absolute Gasteiger partial charge is 0.479 e. The fourth-order valence-corrected chi connectivity index (χ4v) is 2.90. The molecule has 1 aromatic heterocycles. The molecule has 1 amide bonds. The second kappa shape index (κ2) is 9.51. The number of carbonyl (C=O) groups excluding carboxylic acids is 1. The fraction of sp³-hybridized carbons (Fsp3) is 0.158. The molecule has 0 aliphatic carbocycles. The van der Waals surface area contributed by atoms with Crippen LogP contribution in [0.1, 0.15) is 16.1 Å². The Kier molecular flexibility index (Phi) is 6.80. The average Bonchev–Trinajstić information content (AvgIpc) is 3.17. The number of hydrogen-bond acceptors (Lipinski definition) is 7. The molecular weight excluding hydrogens is 433 g/mol. The summed E-state index contributed by atoms with van der Waals surface area (Å²) in [5.41, 5.74) is 3.72. The van der Waals surface area contributed by atoms with Gasteiger partial charge in [0.15, 0.2) is 11.8 Å². The maximum atomic E-state index is 14.1. The summed E-state index contributed by atoms with van der Waals surface area (Å²) < 4.78 is 14.1. The number of aromatic nitrogens is 3. The van der Waals surface area contributed by atoms with Gasteiger partial charge in [-0.1, -0.05) is 40.7 Å². The van der Waals surface area contributed by atoms with E-state index in [4.69, 9.17) is 21.9 Å². The zero-order valence-electron chi connectivity index (χ0n) is 15.8. The molecule has 4 N–H and O–H groups in total. The lowest BCUT2D eigenvalue weighted by Gasteiger charge is -2.24. The predicted molar refractivity (Wildman–Crippen MR) is 106 cm³/mol. The smallest absolute Gasteiger partial charge is 0.333 e. The summed E-state index contributed by atoms with van der Waals surface area (Å²) in [4.78, 5) is 23.6. The van der Waals surface area contributed by atoms with Crippen molar-refractivity contribution in [3.63, 3.8) is 0 Å². The minimum absolute atomic E-state index is 0.0155. The molecule has 3 aromatic rings. The van der Waals surface area contributed by atoms with Crippen molar-refractivity contribution in [3.8, 4) is 11.1 Å². The first-order valence-electron chi connectivity index (χ1n) is 8.85. The molecule has 3 rings (SSSR count). The van der Waals surface area contributed by atoms with E-state index < -0.39 is 30.3 Å². The highest BCUT2D eigenvalue weighted by molar-refractivity contribution is 6.30. The Morgan fingerprint density at radius 2 is 1.94 bits per heavy atom. The molecule has 0 spiro atoms. The number of aliphatic hydroxyl groups excluding tert-OH is 1. The zero-order chi connectivity index (χ0) is 22.5. The molecule has 0 aliphatic rings. The normalized spacial score (nSPS) is 12.0. The molecule has 0 saturated heterocycles. The Balaban J connectivity index is 1.77. The van der Waals surface area contributed by atoms with Gasteiger partial charge in [0.2, 0.25) is 0 Å². The molecule has 10 nitrogen and oxygen atoms in total. The number of hydrogen-bond donors (Lipinski definition) is 4. The van der Waals surface area contributed by atoms with Gasteiger partial charge in [-0.25, -0.2) is 14.2 Å². The SMILES string of the molecule is O=C(NN(Cc1ccc(-c2cc(Cl)ccc2F)cc1)CC(O)C(=O)O)c1cn(O)nn1. The highest BCUT2D eigenvalue weighted by atomic mass is 35.5. The van der Waals surface area contributed by atoms with Crippen LogP contribution >= 0.6 is 11.6 Å². The Hall–Kier alpha value is -3.54. The lowest BCUT2D eigenvalue weighted by atomic mass is 10.0. The summed E-state index contributed by atoms with van der Waals surface area (Å²) in [6, 6.07) is 10.8. The van der Waals surface area contributed by atoms with E-state index in [0.29, 0.717) is 26.6 Å². The van der Waals surface area contributed by atoms with Crippen molar-refractivity contribution in [3.05, 3.63) is 70.8 Å². The Bertz CT molecular complexity index is 1090. The number of nitrogens with zero attached hydrogens (tertiary/aromatic N) is 4. The number of carboxylic acids is 1.